The number of aliphatic hydroxyl groups excluding tert-OH is 1. The molecule has 6 nitrogen and oxygen atoms in total. The number of rotatable bonds is 7. The van der Waals surface area contributed by atoms with Gasteiger partial charge in [-0.05, 0) is 55.0 Å². The third-order valence-corrected chi connectivity index (χ3v) is 5.63. The van der Waals surface area contributed by atoms with Gasteiger partial charge in [-0.15, -0.1) is 10.2 Å². The molecule has 1 atom stereocenters. The lowest BCUT2D eigenvalue weighted by atomic mass is 9.96. The van der Waals surface area contributed by atoms with Gasteiger partial charge in [-0.25, -0.2) is 0 Å². The number of alkyl halides is 3. The highest BCUT2D eigenvalue weighted by Crippen LogP contribution is 2.40. The zero-order valence-electron chi connectivity index (χ0n) is 19.5. The molecule has 0 saturated heterocycles. The lowest BCUT2D eigenvalue weighted by Crippen LogP contribution is -2.19. The molecule has 1 unspecified atom stereocenters. The Kier molecular flexibility index (Phi) is 10.4. The Morgan fingerprint density at radius 1 is 1.09 bits per heavy atom. The van der Waals surface area contributed by atoms with Gasteiger partial charge in [0.2, 0.25) is 0 Å². The molecule has 2 aromatic rings. The summed E-state index contributed by atoms with van der Waals surface area (Å²) in [6, 6.07) is 3.96. The molecule has 184 valence electrons. The van der Waals surface area contributed by atoms with Crippen LogP contribution in [0.1, 0.15) is 69.1 Å². The van der Waals surface area contributed by atoms with Gasteiger partial charge >= 0.3 is 6.18 Å². The predicted octanol–water partition coefficient (Wildman–Crippen LogP) is 5.71. The Balaban J connectivity index is 0.00000187. The fourth-order valence-corrected chi connectivity index (χ4v) is 3.91. The lowest BCUT2D eigenvalue weighted by Gasteiger charge is -2.19. The van der Waals surface area contributed by atoms with Crippen LogP contribution in [0.2, 0.25) is 0 Å². The number of halogens is 3. The first-order valence-corrected chi connectivity index (χ1v) is 11.4. The van der Waals surface area contributed by atoms with Crippen molar-refractivity contribution in [3.05, 3.63) is 34.9 Å². The first-order valence-electron chi connectivity index (χ1n) is 11.4. The molecule has 9 heteroatoms. The highest BCUT2D eigenvalue weighted by atomic mass is 19.4. The third-order valence-electron chi connectivity index (χ3n) is 5.63. The van der Waals surface area contributed by atoms with Crippen LogP contribution in [0.15, 0.2) is 18.2 Å². The molecule has 3 N–H and O–H groups in total. The smallest absolute Gasteiger partial charge is 0.416 e. The van der Waals surface area contributed by atoms with Crippen molar-refractivity contribution in [2.75, 3.05) is 19.0 Å². The largest absolute Gasteiger partial charge is 0.507 e. The van der Waals surface area contributed by atoms with E-state index in [4.69, 9.17) is 9.84 Å². The maximum Gasteiger partial charge on any atom is 0.416 e. The van der Waals surface area contributed by atoms with Gasteiger partial charge in [0.25, 0.3) is 0 Å². The number of nitrogens with one attached hydrogen (secondary N) is 1. The van der Waals surface area contributed by atoms with Crippen molar-refractivity contribution in [2.24, 2.45) is 0 Å². The molecule has 0 aliphatic carbocycles. The van der Waals surface area contributed by atoms with E-state index in [-0.39, 0.29) is 23.8 Å². The average molecular weight is 470 g/mol. The van der Waals surface area contributed by atoms with Crippen LogP contribution in [0.4, 0.5) is 19.0 Å². The summed E-state index contributed by atoms with van der Waals surface area (Å²) in [5.41, 5.74) is 0.867. The third kappa shape index (κ3) is 7.30. The second-order valence-corrected chi connectivity index (χ2v) is 8.03. The quantitative estimate of drug-likeness (QED) is 0.450. The first kappa shape index (κ1) is 26.9. The molecule has 3 rings (SSSR count). The van der Waals surface area contributed by atoms with Crippen LogP contribution in [0.3, 0.4) is 0 Å². The number of phenols is 1. The van der Waals surface area contributed by atoms with Crippen molar-refractivity contribution in [1.82, 2.24) is 10.2 Å². The lowest BCUT2D eigenvalue weighted by molar-refractivity contribution is -0.137. The van der Waals surface area contributed by atoms with Crippen molar-refractivity contribution < 1.29 is 28.1 Å². The predicted molar refractivity (Wildman–Crippen MR) is 122 cm³/mol. The van der Waals surface area contributed by atoms with Gasteiger partial charge < -0.3 is 20.3 Å². The van der Waals surface area contributed by atoms with E-state index in [2.05, 4.69) is 29.4 Å². The van der Waals surface area contributed by atoms with Crippen molar-refractivity contribution in [2.45, 2.75) is 77.6 Å². The summed E-state index contributed by atoms with van der Waals surface area (Å²) in [6.07, 6.45) is 2.26. The number of unbranched alkanes of at least 4 members (excludes halogenated alkanes) is 2. The summed E-state index contributed by atoms with van der Waals surface area (Å²) in [5.74, 6) is 0.188. The summed E-state index contributed by atoms with van der Waals surface area (Å²) in [7, 11) is 1.00. The minimum Gasteiger partial charge on any atom is -0.507 e. The van der Waals surface area contributed by atoms with Gasteiger partial charge in [0.15, 0.2) is 0 Å². The maximum absolute atomic E-state index is 13.2. The number of nitrogens with zero attached hydrogens (tertiary/aromatic N) is 2. The van der Waals surface area contributed by atoms with Crippen LogP contribution in [-0.4, -0.2) is 40.2 Å². The molecule has 1 aliphatic heterocycles. The topological polar surface area (TPSA) is 87.5 Å². The van der Waals surface area contributed by atoms with Gasteiger partial charge in [-0.2, -0.15) is 13.2 Å². The molecule has 33 heavy (non-hydrogen) atoms. The summed E-state index contributed by atoms with van der Waals surface area (Å²) in [5, 5.41) is 29.5. The van der Waals surface area contributed by atoms with E-state index in [0.29, 0.717) is 31.0 Å². The summed E-state index contributed by atoms with van der Waals surface area (Å²) in [6.45, 7) is 4.68. The highest BCUT2D eigenvalue weighted by Gasteiger charge is 2.33. The fraction of sp³-hybridized carbons (Fsp3) is 0.583. The molecular formula is C24H34F3N3O3. The average Bonchev–Trinajstić information content (AvgIpc) is 2.88. The second-order valence-electron chi connectivity index (χ2n) is 8.03. The molecule has 2 heterocycles. The minimum absolute atomic E-state index is 0.0245. The van der Waals surface area contributed by atoms with Crippen molar-refractivity contribution in [3.8, 4) is 17.0 Å². The Labute approximate surface area is 193 Å². The number of benzene rings is 1. The van der Waals surface area contributed by atoms with E-state index in [1.54, 1.807) is 0 Å². The molecule has 0 fully saturated rings. The summed E-state index contributed by atoms with van der Waals surface area (Å²) in [4.78, 5) is 0. The number of aromatic hydroxyl groups is 1. The van der Waals surface area contributed by atoms with E-state index in [9.17, 15) is 18.3 Å². The second kappa shape index (κ2) is 12.7. The molecule has 1 aromatic heterocycles. The number of aromatic nitrogens is 2. The SMILES string of the molecule is CCCCCC(CC)Nc1cc2c(nn1)-c1c(O)cc(C(F)(F)F)cc1COCCC2.CO. The fourth-order valence-electron chi connectivity index (χ4n) is 3.91. The zero-order chi connectivity index (χ0) is 24.4. The number of hydrogen-bond acceptors (Lipinski definition) is 6. The number of fused-ring (bicyclic) bond motifs is 3. The van der Waals surface area contributed by atoms with Crippen molar-refractivity contribution >= 4 is 5.82 Å². The molecule has 0 bridgehead atoms. The van der Waals surface area contributed by atoms with Crippen LogP contribution in [-0.2, 0) is 23.9 Å². The number of phenolic OH excluding ortho intramolecular Hbond substituents is 1. The number of anilines is 1. The van der Waals surface area contributed by atoms with E-state index in [1.807, 2.05) is 6.07 Å². The number of hydrogen-bond donors (Lipinski definition) is 3. The molecule has 0 radical (unpaired) electrons. The van der Waals surface area contributed by atoms with E-state index in [0.717, 1.165) is 50.5 Å². The van der Waals surface area contributed by atoms with Gasteiger partial charge in [-0.1, -0.05) is 33.1 Å². The van der Waals surface area contributed by atoms with Gasteiger partial charge in [0, 0.05) is 25.3 Å². The van der Waals surface area contributed by atoms with Crippen LogP contribution in [0.5, 0.6) is 5.75 Å². The van der Waals surface area contributed by atoms with Crippen molar-refractivity contribution in [1.29, 1.82) is 0 Å². The maximum atomic E-state index is 13.2. The number of aliphatic hydroxyl groups is 1. The van der Waals surface area contributed by atoms with Gasteiger partial charge in [0.1, 0.15) is 17.3 Å². The Morgan fingerprint density at radius 2 is 1.85 bits per heavy atom. The Morgan fingerprint density at radius 3 is 2.52 bits per heavy atom. The Hall–Kier alpha value is -2.39. The molecule has 0 amide bonds. The van der Waals surface area contributed by atoms with E-state index < -0.39 is 17.5 Å². The number of aryl methyl sites for hydroxylation is 1. The highest BCUT2D eigenvalue weighted by molar-refractivity contribution is 5.74. The van der Waals surface area contributed by atoms with Gasteiger partial charge in [-0.3, -0.25) is 0 Å². The van der Waals surface area contributed by atoms with Crippen LogP contribution in [0.25, 0.3) is 11.3 Å². The first-order chi connectivity index (χ1) is 15.8. The standard InChI is InChI=1S/C23H30F3N3O2.CH4O/c1-3-5-6-9-18(4-2)27-20-12-15-8-7-10-31-14-16-11-17(23(24,25)26)13-19(30)21(16)22(15)29-28-20;1-2/h11-13,18,30H,3-10,14H2,1-2H3,(H,27,28);2H,1H3. The van der Waals surface area contributed by atoms with E-state index in [1.165, 1.54) is 6.42 Å². The molecule has 1 aromatic carbocycles. The van der Waals surface area contributed by atoms with Crippen molar-refractivity contribution in [3.63, 3.8) is 0 Å². The van der Waals surface area contributed by atoms with Crippen LogP contribution in [0, 0.1) is 0 Å². The Bertz CT molecular complexity index is 891. The minimum atomic E-state index is -4.56. The van der Waals surface area contributed by atoms with Crippen LogP contribution >= 0.6 is 0 Å². The summed E-state index contributed by atoms with van der Waals surface area (Å²) >= 11 is 0. The molecule has 0 saturated carbocycles. The molecular weight excluding hydrogens is 435 g/mol. The van der Waals surface area contributed by atoms with Crippen LogP contribution < -0.4 is 5.32 Å². The normalized spacial score (nSPS) is 14.5. The van der Waals surface area contributed by atoms with E-state index >= 15 is 0 Å². The zero-order valence-corrected chi connectivity index (χ0v) is 19.5. The van der Waals surface area contributed by atoms with Gasteiger partial charge in [0.05, 0.1) is 12.2 Å². The monoisotopic (exact) mass is 469 g/mol. The molecule has 0 spiro atoms. The summed E-state index contributed by atoms with van der Waals surface area (Å²) < 4.78 is 45.2. The number of ether oxygens (including phenoxy) is 1. The molecule has 1 aliphatic rings.